The summed E-state index contributed by atoms with van der Waals surface area (Å²) in [5, 5.41) is 11.4. The van der Waals surface area contributed by atoms with E-state index in [1.807, 2.05) is 73.8 Å². The highest BCUT2D eigenvalue weighted by Gasteiger charge is 2.11. The van der Waals surface area contributed by atoms with E-state index >= 15 is 0 Å². The van der Waals surface area contributed by atoms with Crippen LogP contribution in [0.5, 0.6) is 5.75 Å². The van der Waals surface area contributed by atoms with Crippen LogP contribution in [0.25, 0.3) is 16.9 Å². The van der Waals surface area contributed by atoms with E-state index in [4.69, 9.17) is 9.84 Å². The number of hydrazone groups is 1. The van der Waals surface area contributed by atoms with Crippen LogP contribution in [0.1, 0.15) is 29.3 Å². The Morgan fingerprint density at radius 2 is 1.67 bits per heavy atom. The van der Waals surface area contributed by atoms with E-state index < -0.39 is 5.91 Å². The molecule has 0 spiro atoms. The Balaban J connectivity index is 1.37. The van der Waals surface area contributed by atoms with Crippen molar-refractivity contribution < 1.29 is 14.3 Å². The van der Waals surface area contributed by atoms with E-state index in [9.17, 15) is 9.59 Å². The number of ether oxygens (including phenoxy) is 1. The van der Waals surface area contributed by atoms with Crippen molar-refractivity contribution >= 4 is 18.0 Å². The SMILES string of the molecule is CCCOc1ccc(C(=O)NCC(=O)N/N=C/c2cn(-c3ccccc3)nc2-c2ccccc2)cc1. The maximum absolute atomic E-state index is 12.3. The molecule has 0 radical (unpaired) electrons. The minimum absolute atomic E-state index is 0.209. The molecule has 182 valence electrons. The van der Waals surface area contributed by atoms with Crippen LogP contribution in [-0.4, -0.2) is 41.0 Å². The molecule has 8 heteroatoms. The molecule has 1 heterocycles. The molecular weight excluding hydrogens is 454 g/mol. The van der Waals surface area contributed by atoms with Gasteiger partial charge in [-0.3, -0.25) is 9.59 Å². The van der Waals surface area contributed by atoms with Gasteiger partial charge in [-0.05, 0) is 42.8 Å². The van der Waals surface area contributed by atoms with Gasteiger partial charge in [0.05, 0.1) is 25.1 Å². The first-order chi connectivity index (χ1) is 17.6. The third-order valence-corrected chi connectivity index (χ3v) is 5.20. The van der Waals surface area contributed by atoms with Gasteiger partial charge in [-0.1, -0.05) is 55.5 Å². The number of para-hydroxylation sites is 1. The maximum atomic E-state index is 12.3. The number of amides is 2. The van der Waals surface area contributed by atoms with Gasteiger partial charge in [0.15, 0.2) is 0 Å². The molecular formula is C28H27N5O3. The zero-order valence-electron chi connectivity index (χ0n) is 19.9. The highest BCUT2D eigenvalue weighted by Crippen LogP contribution is 2.22. The second-order valence-electron chi connectivity index (χ2n) is 7.93. The van der Waals surface area contributed by atoms with Gasteiger partial charge in [-0.25, -0.2) is 10.1 Å². The molecule has 4 rings (SSSR count). The fourth-order valence-corrected chi connectivity index (χ4v) is 3.41. The summed E-state index contributed by atoms with van der Waals surface area (Å²) < 4.78 is 7.28. The smallest absolute Gasteiger partial charge is 0.259 e. The van der Waals surface area contributed by atoms with E-state index in [1.165, 1.54) is 0 Å². The molecule has 36 heavy (non-hydrogen) atoms. The summed E-state index contributed by atoms with van der Waals surface area (Å²) in [7, 11) is 0. The second kappa shape index (κ2) is 12.1. The summed E-state index contributed by atoms with van der Waals surface area (Å²) in [6.07, 6.45) is 4.30. The molecule has 2 N–H and O–H groups in total. The molecule has 0 aliphatic heterocycles. The first-order valence-electron chi connectivity index (χ1n) is 11.7. The number of benzene rings is 3. The first-order valence-corrected chi connectivity index (χ1v) is 11.7. The molecule has 3 aromatic carbocycles. The van der Waals surface area contributed by atoms with Gasteiger partial charge in [0.1, 0.15) is 11.4 Å². The monoisotopic (exact) mass is 481 g/mol. The molecule has 2 amide bonds. The molecule has 8 nitrogen and oxygen atoms in total. The zero-order valence-corrected chi connectivity index (χ0v) is 19.9. The van der Waals surface area contributed by atoms with Crippen molar-refractivity contribution in [2.75, 3.05) is 13.2 Å². The third-order valence-electron chi connectivity index (χ3n) is 5.20. The van der Waals surface area contributed by atoms with Gasteiger partial charge in [0.2, 0.25) is 0 Å². The average Bonchev–Trinajstić information content (AvgIpc) is 3.36. The lowest BCUT2D eigenvalue weighted by atomic mass is 10.1. The Labute approximate surface area is 209 Å². The van der Waals surface area contributed by atoms with Crippen LogP contribution in [0, 0.1) is 0 Å². The molecule has 0 saturated carbocycles. The van der Waals surface area contributed by atoms with E-state index in [0.717, 1.165) is 28.9 Å². The minimum Gasteiger partial charge on any atom is -0.494 e. The second-order valence-corrected chi connectivity index (χ2v) is 7.93. The molecule has 0 bridgehead atoms. The number of aromatic nitrogens is 2. The van der Waals surface area contributed by atoms with Crippen molar-refractivity contribution in [2.24, 2.45) is 5.10 Å². The van der Waals surface area contributed by atoms with E-state index in [-0.39, 0.29) is 12.5 Å². The van der Waals surface area contributed by atoms with Gasteiger partial charge in [0, 0.05) is 22.9 Å². The lowest BCUT2D eigenvalue weighted by molar-refractivity contribution is -0.120. The summed E-state index contributed by atoms with van der Waals surface area (Å²) in [6, 6.07) is 26.3. The van der Waals surface area contributed by atoms with Crippen LogP contribution in [-0.2, 0) is 4.79 Å². The number of nitrogens with zero attached hydrogens (tertiary/aromatic N) is 3. The highest BCUT2D eigenvalue weighted by molar-refractivity contribution is 5.96. The first kappa shape index (κ1) is 24.4. The normalized spacial score (nSPS) is 10.8. The van der Waals surface area contributed by atoms with Crippen molar-refractivity contribution in [2.45, 2.75) is 13.3 Å². The number of rotatable bonds is 10. The third kappa shape index (κ3) is 6.44. The van der Waals surface area contributed by atoms with E-state index in [0.29, 0.717) is 17.9 Å². The molecule has 0 unspecified atom stereocenters. The van der Waals surface area contributed by atoms with Crippen LogP contribution in [0.2, 0.25) is 0 Å². The Morgan fingerprint density at radius 3 is 2.36 bits per heavy atom. The van der Waals surface area contributed by atoms with Crippen molar-refractivity contribution in [1.29, 1.82) is 0 Å². The molecule has 1 aromatic heterocycles. The van der Waals surface area contributed by atoms with Gasteiger partial charge >= 0.3 is 0 Å². The molecule has 0 aliphatic rings. The van der Waals surface area contributed by atoms with Crippen LogP contribution in [0.3, 0.4) is 0 Å². The molecule has 0 aliphatic carbocycles. The molecule has 0 saturated heterocycles. The Bertz CT molecular complexity index is 1320. The number of carbonyl (C=O) groups excluding carboxylic acids is 2. The zero-order chi connectivity index (χ0) is 25.2. The summed E-state index contributed by atoms with van der Waals surface area (Å²) in [5.41, 5.74) is 6.20. The standard InChI is InChI=1S/C28H27N5O3/c1-2-17-36-25-15-13-22(14-16-25)28(35)29-19-26(34)31-30-18-23-20-33(24-11-7-4-8-12-24)32-27(23)21-9-5-3-6-10-21/h3-16,18,20H,2,17,19H2,1H3,(H,29,35)(H,31,34)/b30-18+. The van der Waals surface area contributed by atoms with Crippen molar-refractivity contribution in [3.05, 3.63) is 102 Å². The van der Waals surface area contributed by atoms with Crippen LogP contribution >= 0.6 is 0 Å². The molecule has 4 aromatic rings. The van der Waals surface area contributed by atoms with Crippen molar-refractivity contribution in [3.63, 3.8) is 0 Å². The van der Waals surface area contributed by atoms with E-state index in [2.05, 4.69) is 15.8 Å². The van der Waals surface area contributed by atoms with E-state index in [1.54, 1.807) is 35.2 Å². The Kier molecular flexibility index (Phi) is 8.22. The fourth-order valence-electron chi connectivity index (χ4n) is 3.41. The molecule has 0 atom stereocenters. The Morgan fingerprint density at radius 1 is 0.972 bits per heavy atom. The van der Waals surface area contributed by atoms with Crippen LogP contribution in [0.4, 0.5) is 0 Å². The fraction of sp³-hybridized carbons (Fsp3) is 0.143. The number of hydrogen-bond acceptors (Lipinski definition) is 5. The number of carbonyl (C=O) groups is 2. The summed E-state index contributed by atoms with van der Waals surface area (Å²) in [4.78, 5) is 24.6. The topological polar surface area (TPSA) is 97.6 Å². The molecule has 0 fully saturated rings. The maximum Gasteiger partial charge on any atom is 0.259 e. The quantitative estimate of drug-likeness (QED) is 0.262. The predicted octanol–water partition coefficient (Wildman–Crippen LogP) is 4.21. The summed E-state index contributed by atoms with van der Waals surface area (Å²) in [6.45, 7) is 2.43. The van der Waals surface area contributed by atoms with Gasteiger partial charge in [-0.15, -0.1) is 0 Å². The lowest BCUT2D eigenvalue weighted by Crippen LogP contribution is -2.34. The summed E-state index contributed by atoms with van der Waals surface area (Å²) in [5.74, 6) is -0.100. The van der Waals surface area contributed by atoms with Gasteiger partial charge < -0.3 is 10.1 Å². The van der Waals surface area contributed by atoms with Crippen molar-refractivity contribution in [1.82, 2.24) is 20.5 Å². The number of nitrogens with one attached hydrogen (secondary N) is 2. The van der Waals surface area contributed by atoms with Crippen molar-refractivity contribution in [3.8, 4) is 22.7 Å². The number of hydrogen-bond donors (Lipinski definition) is 2. The highest BCUT2D eigenvalue weighted by atomic mass is 16.5. The van der Waals surface area contributed by atoms with Crippen LogP contribution in [0.15, 0.2) is 96.2 Å². The van der Waals surface area contributed by atoms with Crippen LogP contribution < -0.4 is 15.5 Å². The van der Waals surface area contributed by atoms with Gasteiger partial charge in [-0.2, -0.15) is 10.2 Å². The predicted molar refractivity (Wildman–Crippen MR) is 139 cm³/mol. The Hall–Kier alpha value is -4.72. The minimum atomic E-state index is -0.445. The summed E-state index contributed by atoms with van der Waals surface area (Å²) >= 11 is 0. The van der Waals surface area contributed by atoms with Gasteiger partial charge in [0.25, 0.3) is 11.8 Å². The lowest BCUT2D eigenvalue weighted by Gasteiger charge is -2.07. The largest absolute Gasteiger partial charge is 0.494 e. The average molecular weight is 482 g/mol.